The highest BCUT2D eigenvalue weighted by atomic mass is 79.9. The Hall–Kier alpha value is -2.80. The standard InChI is InChI=1S/C19H18BrN3O3/c1-13-6-7-17(15(20)10-13)26-12-19(25)22-21-18(24)11-23-9-8-14-4-2-3-5-16(14)23/h2-10H,11-12H2,1H3,(H,21,24)(H,22,25). The summed E-state index contributed by atoms with van der Waals surface area (Å²) in [6.07, 6.45) is 1.84. The molecule has 1 aromatic heterocycles. The topological polar surface area (TPSA) is 72.4 Å². The van der Waals surface area contributed by atoms with Crippen molar-refractivity contribution in [1.82, 2.24) is 15.4 Å². The highest BCUT2D eigenvalue weighted by Gasteiger charge is 2.09. The summed E-state index contributed by atoms with van der Waals surface area (Å²) in [6, 6.07) is 15.3. The van der Waals surface area contributed by atoms with Crippen LogP contribution in [0.25, 0.3) is 10.9 Å². The number of carbonyl (C=O) groups is 2. The summed E-state index contributed by atoms with van der Waals surface area (Å²) in [6.45, 7) is 1.87. The number of nitrogens with one attached hydrogen (secondary N) is 2. The predicted molar refractivity (Wildman–Crippen MR) is 103 cm³/mol. The maximum absolute atomic E-state index is 12.0. The summed E-state index contributed by atoms with van der Waals surface area (Å²) < 4.78 is 8.02. The molecular formula is C19H18BrN3O3. The molecule has 0 unspecified atom stereocenters. The van der Waals surface area contributed by atoms with E-state index in [1.165, 1.54) is 0 Å². The minimum absolute atomic E-state index is 0.109. The lowest BCUT2D eigenvalue weighted by Crippen LogP contribution is -2.45. The molecule has 0 aliphatic rings. The molecule has 1 heterocycles. The number of rotatable bonds is 5. The molecule has 134 valence electrons. The van der Waals surface area contributed by atoms with Crippen molar-refractivity contribution in [1.29, 1.82) is 0 Å². The Morgan fingerprint density at radius 1 is 1.08 bits per heavy atom. The number of nitrogens with zero attached hydrogens (tertiary/aromatic N) is 1. The molecule has 0 saturated heterocycles. The number of aryl methyl sites for hydroxylation is 1. The maximum Gasteiger partial charge on any atom is 0.276 e. The largest absolute Gasteiger partial charge is 0.483 e. The number of carbonyl (C=O) groups excluding carboxylic acids is 2. The monoisotopic (exact) mass is 415 g/mol. The van der Waals surface area contributed by atoms with E-state index in [1.54, 1.807) is 6.07 Å². The Bertz CT molecular complexity index is 952. The van der Waals surface area contributed by atoms with Gasteiger partial charge in [-0.3, -0.25) is 20.4 Å². The van der Waals surface area contributed by atoms with E-state index < -0.39 is 5.91 Å². The van der Waals surface area contributed by atoms with Crippen molar-refractivity contribution in [3.05, 3.63) is 64.8 Å². The van der Waals surface area contributed by atoms with E-state index in [0.29, 0.717) is 5.75 Å². The van der Waals surface area contributed by atoms with Crippen LogP contribution in [0.1, 0.15) is 5.56 Å². The molecule has 0 atom stereocenters. The van der Waals surface area contributed by atoms with Gasteiger partial charge in [0.05, 0.1) is 4.47 Å². The lowest BCUT2D eigenvalue weighted by atomic mass is 10.2. The molecule has 0 saturated carbocycles. The number of hydrogen-bond acceptors (Lipinski definition) is 3. The average Bonchev–Trinajstić information content (AvgIpc) is 3.02. The molecule has 26 heavy (non-hydrogen) atoms. The van der Waals surface area contributed by atoms with Gasteiger partial charge in [-0.05, 0) is 58.1 Å². The van der Waals surface area contributed by atoms with Crippen molar-refractivity contribution in [3.63, 3.8) is 0 Å². The van der Waals surface area contributed by atoms with Crippen LogP contribution in [0.5, 0.6) is 5.75 Å². The molecule has 3 aromatic rings. The van der Waals surface area contributed by atoms with Crippen molar-refractivity contribution in [2.24, 2.45) is 0 Å². The lowest BCUT2D eigenvalue weighted by molar-refractivity contribution is -0.130. The predicted octanol–water partition coefficient (Wildman–Crippen LogP) is 2.94. The van der Waals surface area contributed by atoms with E-state index in [-0.39, 0.29) is 19.1 Å². The van der Waals surface area contributed by atoms with Crippen molar-refractivity contribution in [2.45, 2.75) is 13.5 Å². The zero-order valence-electron chi connectivity index (χ0n) is 14.2. The first-order valence-corrected chi connectivity index (χ1v) is 8.83. The number of aromatic nitrogens is 1. The fourth-order valence-electron chi connectivity index (χ4n) is 2.51. The Balaban J connectivity index is 1.47. The van der Waals surface area contributed by atoms with Gasteiger partial charge in [0.1, 0.15) is 12.3 Å². The highest BCUT2D eigenvalue weighted by Crippen LogP contribution is 2.25. The van der Waals surface area contributed by atoms with Gasteiger partial charge >= 0.3 is 0 Å². The van der Waals surface area contributed by atoms with Gasteiger partial charge in [-0.25, -0.2) is 0 Å². The lowest BCUT2D eigenvalue weighted by Gasteiger charge is -2.11. The first-order valence-electron chi connectivity index (χ1n) is 8.03. The quantitative estimate of drug-likeness (QED) is 0.629. The van der Waals surface area contributed by atoms with E-state index >= 15 is 0 Å². The van der Waals surface area contributed by atoms with Gasteiger partial charge in [0.2, 0.25) is 0 Å². The molecule has 0 radical (unpaired) electrons. The van der Waals surface area contributed by atoms with E-state index in [2.05, 4.69) is 26.8 Å². The summed E-state index contributed by atoms with van der Waals surface area (Å²) in [7, 11) is 0. The molecule has 0 aliphatic heterocycles. The SMILES string of the molecule is Cc1ccc(OCC(=O)NNC(=O)Cn2ccc3ccccc32)c(Br)c1. The number of benzene rings is 2. The summed E-state index contributed by atoms with van der Waals surface area (Å²) in [5, 5.41) is 1.06. The average molecular weight is 416 g/mol. The fraction of sp³-hybridized carbons (Fsp3) is 0.158. The van der Waals surface area contributed by atoms with E-state index in [0.717, 1.165) is 20.9 Å². The van der Waals surface area contributed by atoms with Gasteiger partial charge in [0.15, 0.2) is 6.61 Å². The van der Waals surface area contributed by atoms with Crippen LogP contribution in [0.15, 0.2) is 59.2 Å². The number of hydrogen-bond donors (Lipinski definition) is 2. The van der Waals surface area contributed by atoms with Gasteiger partial charge in [0.25, 0.3) is 11.8 Å². The number of halogens is 1. The second kappa shape index (κ2) is 8.05. The molecule has 0 bridgehead atoms. The fourth-order valence-corrected chi connectivity index (χ4v) is 3.12. The summed E-state index contributed by atoms with van der Waals surface area (Å²) in [5.74, 6) is -0.199. The van der Waals surface area contributed by atoms with Crippen LogP contribution in [0.4, 0.5) is 0 Å². The molecular weight excluding hydrogens is 398 g/mol. The van der Waals surface area contributed by atoms with Crippen molar-refractivity contribution in [3.8, 4) is 5.75 Å². The van der Waals surface area contributed by atoms with Crippen LogP contribution in [-0.2, 0) is 16.1 Å². The Kier molecular flexibility index (Phi) is 5.58. The molecule has 3 rings (SSSR count). The Labute approximate surface area is 159 Å². The normalized spacial score (nSPS) is 10.5. The van der Waals surface area contributed by atoms with Gasteiger partial charge in [-0.2, -0.15) is 0 Å². The van der Waals surface area contributed by atoms with Crippen molar-refractivity contribution in [2.75, 3.05) is 6.61 Å². The zero-order valence-corrected chi connectivity index (χ0v) is 15.7. The first-order chi connectivity index (χ1) is 12.5. The van der Waals surface area contributed by atoms with Gasteiger partial charge in [-0.15, -0.1) is 0 Å². The molecule has 0 spiro atoms. The van der Waals surface area contributed by atoms with Crippen LogP contribution in [0.3, 0.4) is 0 Å². The zero-order chi connectivity index (χ0) is 18.5. The van der Waals surface area contributed by atoms with Crippen LogP contribution in [0, 0.1) is 6.92 Å². The summed E-state index contributed by atoms with van der Waals surface area (Å²) in [4.78, 5) is 23.9. The molecule has 6 nitrogen and oxygen atoms in total. The number of hydrazine groups is 1. The number of amides is 2. The molecule has 7 heteroatoms. The minimum atomic E-state index is -0.441. The number of ether oxygens (including phenoxy) is 1. The van der Waals surface area contributed by atoms with Crippen LogP contribution < -0.4 is 15.6 Å². The first kappa shape index (κ1) is 18.0. The maximum atomic E-state index is 12.0. The molecule has 2 N–H and O–H groups in total. The number of para-hydroxylation sites is 1. The Morgan fingerprint density at radius 2 is 1.85 bits per heavy atom. The van der Waals surface area contributed by atoms with E-state index in [9.17, 15) is 9.59 Å². The second-order valence-corrected chi connectivity index (χ2v) is 6.68. The third kappa shape index (κ3) is 4.43. The third-order valence-electron chi connectivity index (χ3n) is 3.78. The summed E-state index contributed by atoms with van der Waals surface area (Å²) in [5.41, 5.74) is 6.79. The third-order valence-corrected chi connectivity index (χ3v) is 4.40. The summed E-state index contributed by atoms with van der Waals surface area (Å²) >= 11 is 3.38. The van der Waals surface area contributed by atoms with Gasteiger partial charge in [0, 0.05) is 11.7 Å². The molecule has 0 fully saturated rings. The van der Waals surface area contributed by atoms with Crippen LogP contribution >= 0.6 is 15.9 Å². The number of fused-ring (bicyclic) bond motifs is 1. The Morgan fingerprint density at radius 3 is 2.65 bits per heavy atom. The minimum Gasteiger partial charge on any atom is -0.483 e. The van der Waals surface area contributed by atoms with E-state index in [1.807, 2.05) is 60.2 Å². The molecule has 0 aliphatic carbocycles. The highest BCUT2D eigenvalue weighted by molar-refractivity contribution is 9.10. The van der Waals surface area contributed by atoms with Crippen molar-refractivity contribution >= 4 is 38.6 Å². The second-order valence-electron chi connectivity index (χ2n) is 5.82. The van der Waals surface area contributed by atoms with E-state index in [4.69, 9.17) is 4.74 Å². The van der Waals surface area contributed by atoms with Gasteiger partial charge < -0.3 is 9.30 Å². The van der Waals surface area contributed by atoms with Crippen molar-refractivity contribution < 1.29 is 14.3 Å². The van der Waals surface area contributed by atoms with Crippen LogP contribution in [-0.4, -0.2) is 23.0 Å². The molecule has 2 aromatic carbocycles. The van der Waals surface area contributed by atoms with Crippen LogP contribution in [0.2, 0.25) is 0 Å². The van der Waals surface area contributed by atoms with Gasteiger partial charge in [-0.1, -0.05) is 24.3 Å². The molecule has 2 amide bonds. The smallest absolute Gasteiger partial charge is 0.276 e.